The second kappa shape index (κ2) is 7.84. The van der Waals surface area contributed by atoms with E-state index in [1.54, 1.807) is 0 Å². The number of hydrogen-bond donors (Lipinski definition) is 1. The number of rotatable bonds is 8. The number of hydrogen-bond acceptors (Lipinski definition) is 4. The third-order valence-corrected chi connectivity index (χ3v) is 3.75. The molecule has 1 atom stereocenters. The van der Waals surface area contributed by atoms with E-state index in [4.69, 9.17) is 9.47 Å². The fourth-order valence-corrected chi connectivity index (χ4v) is 2.88. The second-order valence-corrected chi connectivity index (χ2v) is 6.96. The fourth-order valence-electron chi connectivity index (χ4n) is 2.88. The van der Waals surface area contributed by atoms with Gasteiger partial charge in [-0.25, -0.2) is 0 Å². The topological polar surface area (TPSA) is 41.9 Å². The van der Waals surface area contributed by atoms with Crippen LogP contribution in [0.4, 0.5) is 0 Å². The van der Waals surface area contributed by atoms with Crippen LogP contribution < -0.4 is 9.47 Å². The SMILES string of the molecule is CC(C)CN(CCC(O)c1ccc2c(c1)OCO2)CC(C)C. The summed E-state index contributed by atoms with van der Waals surface area (Å²) in [5.74, 6) is 2.78. The molecule has 1 heterocycles. The van der Waals surface area contributed by atoms with Gasteiger partial charge in [0, 0.05) is 19.6 Å². The Balaban J connectivity index is 1.91. The average molecular weight is 307 g/mol. The Kier molecular flexibility index (Phi) is 6.09. The first-order valence-electron chi connectivity index (χ1n) is 8.25. The number of fused-ring (bicyclic) bond motifs is 1. The highest BCUT2D eigenvalue weighted by atomic mass is 16.7. The molecule has 1 unspecified atom stereocenters. The van der Waals surface area contributed by atoms with Crippen molar-refractivity contribution in [3.63, 3.8) is 0 Å². The van der Waals surface area contributed by atoms with Crippen molar-refractivity contribution in [3.05, 3.63) is 23.8 Å². The highest BCUT2D eigenvalue weighted by Crippen LogP contribution is 2.34. The lowest BCUT2D eigenvalue weighted by atomic mass is 10.0. The summed E-state index contributed by atoms with van der Waals surface area (Å²) in [4.78, 5) is 2.45. The number of benzene rings is 1. The van der Waals surface area contributed by atoms with Crippen LogP contribution in [-0.2, 0) is 0 Å². The molecule has 2 rings (SSSR count). The summed E-state index contributed by atoms with van der Waals surface area (Å²) in [6.45, 7) is 12.3. The van der Waals surface area contributed by atoms with Crippen LogP contribution in [0.15, 0.2) is 18.2 Å². The quantitative estimate of drug-likeness (QED) is 0.798. The van der Waals surface area contributed by atoms with E-state index in [2.05, 4.69) is 32.6 Å². The molecular formula is C18H29NO3. The molecule has 0 aliphatic carbocycles. The Bertz CT molecular complexity index is 463. The Morgan fingerprint density at radius 3 is 2.32 bits per heavy atom. The molecule has 0 saturated heterocycles. The van der Waals surface area contributed by atoms with Crippen LogP contribution in [0, 0.1) is 11.8 Å². The first-order valence-corrected chi connectivity index (χ1v) is 8.25. The summed E-state index contributed by atoms with van der Waals surface area (Å²) >= 11 is 0. The third-order valence-electron chi connectivity index (χ3n) is 3.75. The van der Waals surface area contributed by atoms with Gasteiger partial charge in [0.25, 0.3) is 0 Å². The molecule has 1 aliphatic rings. The maximum atomic E-state index is 10.4. The minimum absolute atomic E-state index is 0.269. The highest BCUT2D eigenvalue weighted by Gasteiger charge is 2.18. The molecular weight excluding hydrogens is 278 g/mol. The van der Waals surface area contributed by atoms with Gasteiger partial charge in [-0.05, 0) is 36.0 Å². The summed E-state index contributed by atoms with van der Waals surface area (Å²) in [5, 5.41) is 10.4. The van der Waals surface area contributed by atoms with Crippen molar-refractivity contribution < 1.29 is 14.6 Å². The predicted molar refractivity (Wildman–Crippen MR) is 88.3 cm³/mol. The molecule has 0 radical (unpaired) electrons. The highest BCUT2D eigenvalue weighted by molar-refractivity contribution is 5.45. The zero-order chi connectivity index (χ0) is 16.1. The Hall–Kier alpha value is -1.26. The summed E-state index contributed by atoms with van der Waals surface area (Å²) in [6, 6.07) is 5.69. The number of aliphatic hydroxyl groups is 1. The molecule has 124 valence electrons. The van der Waals surface area contributed by atoms with Crippen LogP contribution in [0.5, 0.6) is 11.5 Å². The Morgan fingerprint density at radius 2 is 1.68 bits per heavy atom. The zero-order valence-corrected chi connectivity index (χ0v) is 14.2. The van der Waals surface area contributed by atoms with Gasteiger partial charge in [0.15, 0.2) is 11.5 Å². The van der Waals surface area contributed by atoms with E-state index in [1.807, 2.05) is 18.2 Å². The standard InChI is InChI=1S/C18H29NO3/c1-13(2)10-19(11-14(3)4)8-7-16(20)15-5-6-17-18(9-15)22-12-21-17/h5-6,9,13-14,16,20H,7-8,10-12H2,1-4H3. The molecule has 1 aliphatic heterocycles. The van der Waals surface area contributed by atoms with Crippen LogP contribution in [-0.4, -0.2) is 36.4 Å². The van der Waals surface area contributed by atoms with Gasteiger partial charge in [0.05, 0.1) is 6.10 Å². The Labute approximate surface area is 134 Å². The molecule has 0 bridgehead atoms. The number of nitrogens with zero attached hydrogens (tertiary/aromatic N) is 1. The van der Waals surface area contributed by atoms with Crippen molar-refractivity contribution in [1.29, 1.82) is 0 Å². The van der Waals surface area contributed by atoms with Gasteiger partial charge >= 0.3 is 0 Å². The molecule has 0 fully saturated rings. The third kappa shape index (κ3) is 4.89. The van der Waals surface area contributed by atoms with E-state index >= 15 is 0 Å². The molecule has 0 spiro atoms. The minimum atomic E-state index is -0.462. The van der Waals surface area contributed by atoms with Crippen molar-refractivity contribution >= 4 is 0 Å². The van der Waals surface area contributed by atoms with Crippen LogP contribution in [0.2, 0.25) is 0 Å². The smallest absolute Gasteiger partial charge is 0.231 e. The van der Waals surface area contributed by atoms with E-state index in [0.717, 1.165) is 43.1 Å². The maximum absolute atomic E-state index is 10.4. The van der Waals surface area contributed by atoms with E-state index < -0.39 is 6.10 Å². The number of ether oxygens (including phenoxy) is 2. The van der Waals surface area contributed by atoms with Gasteiger partial charge < -0.3 is 19.5 Å². The molecule has 0 aromatic heterocycles. The minimum Gasteiger partial charge on any atom is -0.454 e. The summed E-state index contributed by atoms with van der Waals surface area (Å²) < 4.78 is 10.7. The van der Waals surface area contributed by atoms with Crippen molar-refractivity contribution in [3.8, 4) is 11.5 Å². The van der Waals surface area contributed by atoms with Gasteiger partial charge in [-0.1, -0.05) is 33.8 Å². The molecule has 4 heteroatoms. The average Bonchev–Trinajstić information content (AvgIpc) is 2.90. The predicted octanol–water partition coefficient (Wildman–Crippen LogP) is 3.45. The van der Waals surface area contributed by atoms with E-state index in [-0.39, 0.29) is 6.79 Å². The van der Waals surface area contributed by atoms with Gasteiger partial charge in [-0.2, -0.15) is 0 Å². The lowest BCUT2D eigenvalue weighted by molar-refractivity contribution is 0.131. The lowest BCUT2D eigenvalue weighted by Crippen LogP contribution is -2.33. The number of aliphatic hydroxyl groups excluding tert-OH is 1. The van der Waals surface area contributed by atoms with Gasteiger partial charge in [0.1, 0.15) is 0 Å². The summed E-state index contributed by atoms with van der Waals surface area (Å²) in [5.41, 5.74) is 0.901. The normalized spacial score (nSPS) is 15.1. The van der Waals surface area contributed by atoms with Crippen molar-refractivity contribution in [1.82, 2.24) is 4.90 Å². The fraction of sp³-hybridized carbons (Fsp3) is 0.667. The lowest BCUT2D eigenvalue weighted by Gasteiger charge is -2.27. The summed E-state index contributed by atoms with van der Waals surface area (Å²) in [7, 11) is 0. The van der Waals surface area contributed by atoms with Gasteiger partial charge in [-0.3, -0.25) is 0 Å². The summed E-state index contributed by atoms with van der Waals surface area (Å²) in [6.07, 6.45) is 0.273. The second-order valence-electron chi connectivity index (χ2n) is 6.96. The largest absolute Gasteiger partial charge is 0.454 e. The van der Waals surface area contributed by atoms with Crippen LogP contribution in [0.1, 0.15) is 45.8 Å². The van der Waals surface area contributed by atoms with Crippen LogP contribution in [0.3, 0.4) is 0 Å². The van der Waals surface area contributed by atoms with E-state index in [9.17, 15) is 5.11 Å². The molecule has 1 aromatic rings. The molecule has 1 aromatic carbocycles. The molecule has 0 saturated carbocycles. The first-order chi connectivity index (χ1) is 10.5. The van der Waals surface area contributed by atoms with Crippen molar-refractivity contribution in [2.45, 2.75) is 40.2 Å². The first kappa shape index (κ1) is 17.1. The molecule has 1 N–H and O–H groups in total. The molecule has 0 amide bonds. The van der Waals surface area contributed by atoms with Crippen molar-refractivity contribution in [2.75, 3.05) is 26.4 Å². The van der Waals surface area contributed by atoms with Gasteiger partial charge in [0.2, 0.25) is 6.79 Å². The van der Waals surface area contributed by atoms with Crippen molar-refractivity contribution in [2.24, 2.45) is 11.8 Å². The molecule has 4 nitrogen and oxygen atoms in total. The van der Waals surface area contributed by atoms with E-state index in [1.165, 1.54) is 0 Å². The zero-order valence-electron chi connectivity index (χ0n) is 14.2. The van der Waals surface area contributed by atoms with Crippen LogP contribution >= 0.6 is 0 Å². The van der Waals surface area contributed by atoms with E-state index in [0.29, 0.717) is 11.8 Å². The Morgan fingerprint density at radius 1 is 1.05 bits per heavy atom. The van der Waals surface area contributed by atoms with Gasteiger partial charge in [-0.15, -0.1) is 0 Å². The maximum Gasteiger partial charge on any atom is 0.231 e. The van der Waals surface area contributed by atoms with Crippen LogP contribution in [0.25, 0.3) is 0 Å². The molecule has 22 heavy (non-hydrogen) atoms. The monoisotopic (exact) mass is 307 g/mol.